The highest BCUT2D eigenvalue weighted by Crippen LogP contribution is 2.37. The summed E-state index contributed by atoms with van der Waals surface area (Å²) in [7, 11) is 1.40. The average Bonchev–Trinajstić information content (AvgIpc) is 2.69. The number of carbonyl (C=O) groups is 1. The molecule has 0 bridgehead atoms. The number of hydrogen-bond donors (Lipinski definition) is 0. The lowest BCUT2D eigenvalue weighted by molar-refractivity contribution is -0.146. The van der Waals surface area contributed by atoms with Crippen molar-refractivity contribution in [3.8, 4) is 0 Å². The molecule has 0 amide bonds. The van der Waals surface area contributed by atoms with Gasteiger partial charge in [-0.1, -0.05) is 5.16 Å². The predicted molar refractivity (Wildman–Crippen MR) is 57.9 cm³/mol. The Labute approximate surface area is 99.1 Å². The number of aromatic nitrogens is 1. The number of esters is 1. The van der Waals surface area contributed by atoms with E-state index in [2.05, 4.69) is 5.16 Å². The molecule has 1 aliphatic carbocycles. The van der Waals surface area contributed by atoms with Crippen molar-refractivity contribution in [2.24, 2.45) is 5.92 Å². The normalized spacial score (nSPS) is 24.6. The molecule has 1 aromatic heterocycles. The molecule has 0 unspecified atom stereocenters. The first-order valence-corrected chi connectivity index (χ1v) is 5.83. The van der Waals surface area contributed by atoms with Crippen molar-refractivity contribution in [1.82, 2.24) is 5.16 Å². The van der Waals surface area contributed by atoms with E-state index >= 15 is 0 Å². The number of halogens is 1. The minimum Gasteiger partial charge on any atom is -0.469 e. The number of methoxy groups -OCH3 is 1. The van der Waals surface area contributed by atoms with E-state index in [1.807, 2.05) is 0 Å². The molecule has 5 heteroatoms. The lowest BCUT2D eigenvalue weighted by atomic mass is 9.80. The van der Waals surface area contributed by atoms with Gasteiger partial charge in [0.05, 0.1) is 13.0 Å². The molecule has 1 aliphatic rings. The molecule has 4 nitrogen and oxygen atoms in total. The van der Waals surface area contributed by atoms with E-state index in [0.29, 0.717) is 5.69 Å². The molecule has 0 spiro atoms. The van der Waals surface area contributed by atoms with Crippen molar-refractivity contribution in [1.29, 1.82) is 0 Å². The van der Waals surface area contributed by atoms with Crippen LogP contribution >= 0.6 is 0 Å². The molecule has 1 fully saturated rings. The average molecular weight is 241 g/mol. The van der Waals surface area contributed by atoms with E-state index in [4.69, 9.17) is 9.26 Å². The molecule has 0 saturated heterocycles. The third-order valence-electron chi connectivity index (χ3n) is 3.46. The van der Waals surface area contributed by atoms with E-state index in [1.54, 1.807) is 6.92 Å². The standard InChI is InChI=1S/C12H16FNO3/c1-7-10(13)11(14-17-7)8-3-5-9(6-4-8)12(15)16-2/h8-9H,3-6H2,1-2H3/t8-,9-. The number of rotatable bonds is 2. The lowest BCUT2D eigenvalue weighted by Crippen LogP contribution is -2.22. The van der Waals surface area contributed by atoms with Crippen molar-refractivity contribution in [2.75, 3.05) is 7.11 Å². The topological polar surface area (TPSA) is 52.3 Å². The van der Waals surface area contributed by atoms with Gasteiger partial charge in [-0.05, 0) is 32.6 Å². The number of aryl methyl sites for hydroxylation is 1. The van der Waals surface area contributed by atoms with Gasteiger partial charge in [0.15, 0.2) is 11.6 Å². The van der Waals surface area contributed by atoms with Crippen LogP contribution in [0, 0.1) is 18.7 Å². The van der Waals surface area contributed by atoms with Crippen molar-refractivity contribution in [3.05, 3.63) is 17.3 Å². The highest BCUT2D eigenvalue weighted by molar-refractivity contribution is 5.72. The van der Waals surface area contributed by atoms with Gasteiger partial charge in [-0.15, -0.1) is 0 Å². The molecule has 1 heterocycles. The Kier molecular flexibility index (Phi) is 3.45. The summed E-state index contributed by atoms with van der Waals surface area (Å²) in [6.07, 6.45) is 2.96. The summed E-state index contributed by atoms with van der Waals surface area (Å²) in [5.41, 5.74) is 0.408. The summed E-state index contributed by atoms with van der Waals surface area (Å²) in [5.74, 6) is -0.262. The molecular formula is C12H16FNO3. The maximum atomic E-state index is 13.6. The zero-order valence-electron chi connectivity index (χ0n) is 10.0. The Hall–Kier alpha value is -1.39. The molecule has 0 radical (unpaired) electrons. The molecule has 0 aliphatic heterocycles. The second kappa shape index (κ2) is 4.85. The number of carbonyl (C=O) groups excluding carboxylic acids is 1. The van der Waals surface area contributed by atoms with Crippen LogP contribution in [0.2, 0.25) is 0 Å². The quantitative estimate of drug-likeness (QED) is 0.747. The maximum absolute atomic E-state index is 13.6. The number of nitrogens with zero attached hydrogens (tertiary/aromatic N) is 1. The second-order valence-electron chi connectivity index (χ2n) is 4.51. The smallest absolute Gasteiger partial charge is 0.308 e. The zero-order chi connectivity index (χ0) is 12.4. The van der Waals surface area contributed by atoms with Gasteiger partial charge in [0.1, 0.15) is 5.69 Å². The molecule has 0 aromatic carbocycles. The van der Waals surface area contributed by atoms with Gasteiger partial charge < -0.3 is 9.26 Å². The lowest BCUT2D eigenvalue weighted by Gasteiger charge is -2.25. The summed E-state index contributed by atoms with van der Waals surface area (Å²) in [6.45, 7) is 1.56. The van der Waals surface area contributed by atoms with Crippen LogP contribution in [0.1, 0.15) is 43.1 Å². The SMILES string of the molecule is COC(=O)[C@H]1CC[C@H](c2noc(C)c2F)CC1. The van der Waals surface area contributed by atoms with Gasteiger partial charge in [0, 0.05) is 5.92 Å². The summed E-state index contributed by atoms with van der Waals surface area (Å²) in [6, 6.07) is 0. The van der Waals surface area contributed by atoms with Crippen LogP contribution in [0.25, 0.3) is 0 Å². The minimum absolute atomic E-state index is 0.0488. The maximum Gasteiger partial charge on any atom is 0.308 e. The highest BCUT2D eigenvalue weighted by atomic mass is 19.1. The molecule has 1 saturated carbocycles. The van der Waals surface area contributed by atoms with Crippen molar-refractivity contribution in [3.63, 3.8) is 0 Å². The first-order valence-electron chi connectivity index (χ1n) is 5.83. The van der Waals surface area contributed by atoms with Gasteiger partial charge in [-0.2, -0.15) is 0 Å². The van der Waals surface area contributed by atoms with Crippen LogP contribution in [0.3, 0.4) is 0 Å². The Bertz CT molecular complexity index is 408. The summed E-state index contributed by atoms with van der Waals surface area (Å²) in [5, 5.41) is 3.76. The van der Waals surface area contributed by atoms with Crippen LogP contribution in [0.5, 0.6) is 0 Å². The zero-order valence-corrected chi connectivity index (χ0v) is 10.0. The number of hydrogen-bond acceptors (Lipinski definition) is 4. The summed E-state index contributed by atoms with van der Waals surface area (Å²) in [4.78, 5) is 11.4. The third-order valence-corrected chi connectivity index (χ3v) is 3.46. The molecule has 0 atom stereocenters. The van der Waals surface area contributed by atoms with Gasteiger partial charge in [0.25, 0.3) is 0 Å². The molecule has 2 rings (SSSR count). The van der Waals surface area contributed by atoms with Crippen LogP contribution in [-0.4, -0.2) is 18.2 Å². The van der Waals surface area contributed by atoms with E-state index in [-0.39, 0.29) is 29.4 Å². The van der Waals surface area contributed by atoms with Crippen molar-refractivity contribution >= 4 is 5.97 Å². The Morgan fingerprint density at radius 2 is 2.06 bits per heavy atom. The van der Waals surface area contributed by atoms with E-state index in [9.17, 15) is 9.18 Å². The Morgan fingerprint density at radius 3 is 2.53 bits per heavy atom. The van der Waals surface area contributed by atoms with Gasteiger partial charge in [-0.3, -0.25) is 4.79 Å². The fourth-order valence-corrected chi connectivity index (χ4v) is 2.40. The second-order valence-corrected chi connectivity index (χ2v) is 4.51. The van der Waals surface area contributed by atoms with E-state index in [0.717, 1.165) is 25.7 Å². The Balaban J connectivity index is 2.00. The van der Waals surface area contributed by atoms with Crippen LogP contribution in [0.4, 0.5) is 4.39 Å². The molecule has 17 heavy (non-hydrogen) atoms. The fourth-order valence-electron chi connectivity index (χ4n) is 2.40. The molecule has 0 N–H and O–H groups in total. The van der Waals surface area contributed by atoms with Crippen LogP contribution in [0.15, 0.2) is 4.52 Å². The molecule has 94 valence electrons. The molecule has 1 aromatic rings. The van der Waals surface area contributed by atoms with E-state index in [1.165, 1.54) is 7.11 Å². The van der Waals surface area contributed by atoms with Gasteiger partial charge >= 0.3 is 5.97 Å². The van der Waals surface area contributed by atoms with Crippen molar-refractivity contribution in [2.45, 2.75) is 38.5 Å². The van der Waals surface area contributed by atoms with Crippen LogP contribution in [-0.2, 0) is 9.53 Å². The summed E-state index contributed by atoms with van der Waals surface area (Å²) >= 11 is 0. The molecular weight excluding hydrogens is 225 g/mol. The predicted octanol–water partition coefficient (Wildman–Crippen LogP) is 2.57. The largest absolute Gasteiger partial charge is 0.469 e. The first kappa shape index (κ1) is 12.1. The van der Waals surface area contributed by atoms with Crippen molar-refractivity contribution < 1.29 is 18.4 Å². The first-order chi connectivity index (χ1) is 8.13. The van der Waals surface area contributed by atoms with E-state index < -0.39 is 0 Å². The Morgan fingerprint density at radius 1 is 1.41 bits per heavy atom. The van der Waals surface area contributed by atoms with Gasteiger partial charge in [-0.25, -0.2) is 4.39 Å². The minimum atomic E-state index is -0.341. The summed E-state index contributed by atoms with van der Waals surface area (Å²) < 4.78 is 23.2. The van der Waals surface area contributed by atoms with Gasteiger partial charge in [0.2, 0.25) is 0 Å². The van der Waals surface area contributed by atoms with Crippen LogP contribution < -0.4 is 0 Å². The highest BCUT2D eigenvalue weighted by Gasteiger charge is 2.31. The fraction of sp³-hybridized carbons (Fsp3) is 0.667. The third kappa shape index (κ3) is 2.33. The number of ether oxygens (including phenoxy) is 1. The monoisotopic (exact) mass is 241 g/mol.